The van der Waals surface area contributed by atoms with Crippen LogP contribution in [0, 0.1) is 6.92 Å². The molecular formula is C17H14N4O. The van der Waals surface area contributed by atoms with E-state index < -0.39 is 0 Å². The lowest BCUT2D eigenvalue weighted by atomic mass is 10.1. The van der Waals surface area contributed by atoms with Crippen LogP contribution >= 0.6 is 0 Å². The number of nitrogens with zero attached hydrogens (tertiary/aromatic N) is 2. The van der Waals surface area contributed by atoms with Crippen molar-refractivity contribution >= 4 is 33.5 Å². The Morgan fingerprint density at radius 1 is 1.23 bits per heavy atom. The van der Waals surface area contributed by atoms with E-state index in [1.807, 2.05) is 43.5 Å². The summed E-state index contributed by atoms with van der Waals surface area (Å²) in [6.07, 6.45) is 1.83. The summed E-state index contributed by atoms with van der Waals surface area (Å²) in [6.45, 7) is 1.82. The van der Waals surface area contributed by atoms with Gasteiger partial charge in [0.25, 0.3) is 5.91 Å². The molecule has 2 aromatic heterocycles. The molecule has 0 saturated carbocycles. The van der Waals surface area contributed by atoms with Crippen LogP contribution in [0.3, 0.4) is 0 Å². The molecule has 0 fully saturated rings. The topological polar surface area (TPSA) is 76.7 Å². The molecule has 0 amide bonds. The van der Waals surface area contributed by atoms with Crippen LogP contribution in [0.1, 0.15) is 16.2 Å². The molecule has 0 atom stereocenters. The Kier molecular flexibility index (Phi) is 2.56. The molecule has 3 N–H and O–H groups in total. The second kappa shape index (κ2) is 4.46. The van der Waals surface area contributed by atoms with Gasteiger partial charge in [-0.25, -0.2) is 4.98 Å². The molecule has 0 bridgehead atoms. The van der Waals surface area contributed by atoms with Crippen LogP contribution in [0.25, 0.3) is 21.9 Å². The van der Waals surface area contributed by atoms with Crippen molar-refractivity contribution in [2.45, 2.75) is 6.92 Å². The Hall–Kier alpha value is -3.08. The predicted molar refractivity (Wildman–Crippen MR) is 86.9 cm³/mol. The summed E-state index contributed by atoms with van der Waals surface area (Å²) >= 11 is 0. The van der Waals surface area contributed by atoms with E-state index in [-0.39, 0.29) is 5.91 Å². The Morgan fingerprint density at radius 2 is 2.09 bits per heavy atom. The number of hydrogen-bond donors (Lipinski definition) is 2. The minimum absolute atomic E-state index is 0.101. The van der Waals surface area contributed by atoms with Crippen molar-refractivity contribution in [2.75, 3.05) is 5.73 Å². The molecule has 0 radical (unpaired) electrons. The van der Waals surface area contributed by atoms with Crippen molar-refractivity contribution in [1.82, 2.24) is 14.5 Å². The van der Waals surface area contributed by atoms with E-state index in [0.29, 0.717) is 17.1 Å². The summed E-state index contributed by atoms with van der Waals surface area (Å²) in [5, 5.41) is 0.901. The third-order valence-electron chi connectivity index (χ3n) is 3.87. The average Bonchev–Trinajstić information content (AvgIpc) is 3.09. The molecule has 0 unspecified atom stereocenters. The van der Waals surface area contributed by atoms with Gasteiger partial charge in [0.1, 0.15) is 5.82 Å². The number of H-pyrrole nitrogens is 1. The number of nitrogen functional groups attached to an aromatic ring is 1. The molecule has 0 aliphatic rings. The monoisotopic (exact) mass is 290 g/mol. The third-order valence-corrected chi connectivity index (χ3v) is 3.87. The molecule has 0 saturated heterocycles. The van der Waals surface area contributed by atoms with Gasteiger partial charge in [0.2, 0.25) is 0 Å². The summed E-state index contributed by atoms with van der Waals surface area (Å²) < 4.78 is 1.62. The number of benzene rings is 2. The first-order chi connectivity index (χ1) is 10.6. The first-order valence-corrected chi connectivity index (χ1v) is 7.00. The lowest BCUT2D eigenvalue weighted by molar-refractivity contribution is 0.0964. The molecule has 4 aromatic rings. The minimum atomic E-state index is -0.101. The SMILES string of the molecule is Cc1nc2ccc(N)cc2n1C(=O)c1cccc2[nH]ccc12. The number of aryl methyl sites for hydroxylation is 1. The Labute approximate surface area is 126 Å². The van der Waals surface area contributed by atoms with E-state index in [4.69, 9.17) is 5.73 Å². The van der Waals surface area contributed by atoms with Crippen molar-refractivity contribution in [1.29, 1.82) is 0 Å². The number of anilines is 1. The Morgan fingerprint density at radius 3 is 2.95 bits per heavy atom. The van der Waals surface area contributed by atoms with E-state index in [1.54, 1.807) is 16.7 Å². The van der Waals surface area contributed by atoms with Gasteiger partial charge in [0, 0.05) is 28.4 Å². The third kappa shape index (κ3) is 1.72. The first-order valence-electron chi connectivity index (χ1n) is 7.00. The molecule has 0 aliphatic carbocycles. The smallest absolute Gasteiger partial charge is 0.264 e. The van der Waals surface area contributed by atoms with Crippen LogP contribution in [-0.4, -0.2) is 20.4 Å². The van der Waals surface area contributed by atoms with Gasteiger partial charge >= 0.3 is 0 Å². The van der Waals surface area contributed by atoms with Crippen LogP contribution in [-0.2, 0) is 0 Å². The lowest BCUT2D eigenvalue weighted by Gasteiger charge is -2.07. The van der Waals surface area contributed by atoms with Gasteiger partial charge in [0.15, 0.2) is 0 Å². The zero-order valence-corrected chi connectivity index (χ0v) is 12.0. The fourth-order valence-corrected chi connectivity index (χ4v) is 2.86. The number of aromatic amines is 1. The van der Waals surface area contributed by atoms with Gasteiger partial charge in [-0.3, -0.25) is 9.36 Å². The normalized spacial score (nSPS) is 11.3. The highest BCUT2D eigenvalue weighted by atomic mass is 16.2. The highest BCUT2D eigenvalue weighted by Gasteiger charge is 2.18. The van der Waals surface area contributed by atoms with Crippen molar-refractivity contribution in [3.8, 4) is 0 Å². The van der Waals surface area contributed by atoms with E-state index >= 15 is 0 Å². The van der Waals surface area contributed by atoms with E-state index in [9.17, 15) is 4.79 Å². The molecule has 108 valence electrons. The molecule has 2 heterocycles. The van der Waals surface area contributed by atoms with E-state index in [1.165, 1.54) is 0 Å². The fourth-order valence-electron chi connectivity index (χ4n) is 2.86. The summed E-state index contributed by atoms with van der Waals surface area (Å²) in [6, 6.07) is 13.0. The second-order valence-electron chi connectivity index (χ2n) is 5.29. The maximum atomic E-state index is 13.0. The van der Waals surface area contributed by atoms with Gasteiger partial charge in [-0.2, -0.15) is 0 Å². The average molecular weight is 290 g/mol. The summed E-state index contributed by atoms with van der Waals surface area (Å²) in [4.78, 5) is 20.6. The molecule has 0 spiro atoms. The minimum Gasteiger partial charge on any atom is -0.399 e. The van der Waals surface area contributed by atoms with Crippen LogP contribution in [0.4, 0.5) is 5.69 Å². The lowest BCUT2D eigenvalue weighted by Crippen LogP contribution is -2.14. The van der Waals surface area contributed by atoms with Gasteiger partial charge in [-0.05, 0) is 43.3 Å². The molecule has 5 heteroatoms. The molecule has 5 nitrogen and oxygen atoms in total. The number of rotatable bonds is 1. The predicted octanol–water partition coefficient (Wildman–Crippen LogP) is 3.10. The van der Waals surface area contributed by atoms with Gasteiger partial charge in [0.05, 0.1) is 11.0 Å². The molecule has 22 heavy (non-hydrogen) atoms. The van der Waals surface area contributed by atoms with Crippen LogP contribution < -0.4 is 5.73 Å². The summed E-state index contributed by atoms with van der Waals surface area (Å²) in [5.74, 6) is 0.550. The van der Waals surface area contributed by atoms with Gasteiger partial charge < -0.3 is 10.7 Å². The molecule has 0 aliphatic heterocycles. The quantitative estimate of drug-likeness (QED) is 0.529. The molecule has 4 rings (SSSR count). The van der Waals surface area contributed by atoms with Gasteiger partial charge in [-0.15, -0.1) is 0 Å². The molecule has 2 aromatic carbocycles. The first kappa shape index (κ1) is 12.6. The van der Waals surface area contributed by atoms with Crippen molar-refractivity contribution in [2.24, 2.45) is 0 Å². The maximum absolute atomic E-state index is 13.0. The number of nitrogens with two attached hydrogens (primary N) is 1. The maximum Gasteiger partial charge on any atom is 0.264 e. The summed E-state index contributed by atoms with van der Waals surface area (Å²) in [7, 11) is 0. The summed E-state index contributed by atoms with van der Waals surface area (Å²) in [5.41, 5.74) is 9.55. The van der Waals surface area contributed by atoms with Crippen LogP contribution in [0.2, 0.25) is 0 Å². The number of aromatic nitrogens is 3. The number of imidazole rings is 1. The highest BCUT2D eigenvalue weighted by Crippen LogP contribution is 2.23. The largest absolute Gasteiger partial charge is 0.399 e. The fraction of sp³-hybridized carbons (Fsp3) is 0.0588. The van der Waals surface area contributed by atoms with Crippen molar-refractivity contribution < 1.29 is 4.79 Å². The zero-order valence-electron chi connectivity index (χ0n) is 12.0. The van der Waals surface area contributed by atoms with Crippen LogP contribution in [0.15, 0.2) is 48.7 Å². The van der Waals surface area contributed by atoms with E-state index in [2.05, 4.69) is 9.97 Å². The number of hydrogen-bond acceptors (Lipinski definition) is 3. The van der Waals surface area contributed by atoms with Crippen molar-refractivity contribution in [3.05, 3.63) is 60.0 Å². The standard InChI is InChI=1S/C17H14N4O/c1-10-20-15-6-5-11(18)9-16(15)21(10)17(22)13-3-2-4-14-12(13)7-8-19-14/h2-9,19H,18H2,1H3. The molecular weight excluding hydrogens is 276 g/mol. The Balaban J connectivity index is 1.99. The number of fused-ring (bicyclic) bond motifs is 2. The van der Waals surface area contributed by atoms with Crippen molar-refractivity contribution in [3.63, 3.8) is 0 Å². The Bertz CT molecular complexity index is 1030. The highest BCUT2D eigenvalue weighted by molar-refractivity contribution is 6.10. The van der Waals surface area contributed by atoms with Gasteiger partial charge in [-0.1, -0.05) is 6.07 Å². The van der Waals surface area contributed by atoms with Crippen LogP contribution in [0.5, 0.6) is 0 Å². The van der Waals surface area contributed by atoms with E-state index in [0.717, 1.165) is 21.9 Å². The zero-order chi connectivity index (χ0) is 15.3. The number of carbonyl (C=O) groups is 1. The number of carbonyl (C=O) groups excluding carboxylic acids is 1. The second-order valence-corrected chi connectivity index (χ2v) is 5.29. The number of nitrogens with one attached hydrogen (secondary N) is 1.